The Bertz CT molecular complexity index is 1270. The van der Waals surface area contributed by atoms with Crippen molar-refractivity contribution in [1.82, 2.24) is 9.29 Å². The molecule has 1 saturated heterocycles. The standard InChI is InChI=1S/C23H23N3O3S3/c1-15-8-10-17(11-9-15)32(28,29)26-12-4-5-16(13-26)22(27)25-23-24-21-18-6-2-3-7-19(18)30-14-20(21)31-23/h2-3,6-11,16H,4-5,12-14H2,1H3,(H,24,25,27). The Hall–Kier alpha value is -2.20. The Morgan fingerprint density at radius 2 is 1.94 bits per heavy atom. The van der Waals surface area contributed by atoms with Crippen molar-refractivity contribution in [3.8, 4) is 11.3 Å². The van der Waals surface area contributed by atoms with Gasteiger partial charge in [-0.05, 0) is 38.0 Å². The van der Waals surface area contributed by atoms with Crippen LogP contribution in [0.15, 0.2) is 58.3 Å². The highest BCUT2D eigenvalue weighted by Crippen LogP contribution is 2.44. The highest BCUT2D eigenvalue weighted by molar-refractivity contribution is 7.98. The summed E-state index contributed by atoms with van der Waals surface area (Å²) in [6.45, 7) is 2.54. The van der Waals surface area contributed by atoms with E-state index < -0.39 is 15.9 Å². The third-order valence-electron chi connectivity index (χ3n) is 5.84. The van der Waals surface area contributed by atoms with Gasteiger partial charge in [0.15, 0.2) is 5.13 Å². The second-order valence-electron chi connectivity index (χ2n) is 8.08. The molecule has 0 radical (unpaired) electrons. The van der Waals surface area contributed by atoms with Gasteiger partial charge in [0.25, 0.3) is 0 Å². The maximum Gasteiger partial charge on any atom is 0.243 e. The van der Waals surface area contributed by atoms with E-state index in [0.717, 1.165) is 27.5 Å². The van der Waals surface area contributed by atoms with Crippen LogP contribution in [0, 0.1) is 12.8 Å². The second-order valence-corrected chi connectivity index (χ2v) is 12.1. The van der Waals surface area contributed by atoms with Crippen molar-refractivity contribution in [1.29, 1.82) is 0 Å². The van der Waals surface area contributed by atoms with Crippen LogP contribution in [-0.4, -0.2) is 36.7 Å². The van der Waals surface area contributed by atoms with Crippen LogP contribution in [0.5, 0.6) is 0 Å². The number of sulfonamides is 1. The van der Waals surface area contributed by atoms with E-state index in [4.69, 9.17) is 4.98 Å². The van der Waals surface area contributed by atoms with E-state index in [-0.39, 0.29) is 17.3 Å². The number of hydrogen-bond donors (Lipinski definition) is 1. The molecule has 2 aliphatic rings. The van der Waals surface area contributed by atoms with Crippen LogP contribution >= 0.6 is 23.1 Å². The molecule has 2 aromatic carbocycles. The number of piperidine rings is 1. The highest BCUT2D eigenvalue weighted by atomic mass is 32.2. The number of aryl methyl sites for hydroxylation is 1. The van der Waals surface area contributed by atoms with E-state index in [0.29, 0.717) is 24.5 Å². The number of nitrogens with zero attached hydrogens (tertiary/aromatic N) is 2. The maximum absolute atomic E-state index is 13.1. The van der Waals surface area contributed by atoms with Crippen LogP contribution in [0.1, 0.15) is 23.3 Å². The maximum atomic E-state index is 13.1. The Morgan fingerprint density at radius 3 is 2.75 bits per heavy atom. The number of carbonyl (C=O) groups is 1. The Balaban J connectivity index is 1.31. The fraction of sp³-hybridized carbons (Fsp3) is 0.304. The summed E-state index contributed by atoms with van der Waals surface area (Å²) in [5.41, 5.74) is 3.04. The van der Waals surface area contributed by atoms with E-state index in [1.54, 1.807) is 36.0 Å². The summed E-state index contributed by atoms with van der Waals surface area (Å²) < 4.78 is 27.5. The van der Waals surface area contributed by atoms with Crippen LogP contribution in [0.25, 0.3) is 11.3 Å². The number of anilines is 1. The lowest BCUT2D eigenvalue weighted by atomic mass is 9.99. The number of benzene rings is 2. The summed E-state index contributed by atoms with van der Waals surface area (Å²) >= 11 is 3.28. The van der Waals surface area contributed by atoms with Gasteiger partial charge >= 0.3 is 0 Å². The van der Waals surface area contributed by atoms with Crippen LogP contribution in [0.4, 0.5) is 5.13 Å². The summed E-state index contributed by atoms with van der Waals surface area (Å²) in [7, 11) is -3.62. The molecule has 3 heterocycles. The van der Waals surface area contributed by atoms with Gasteiger partial charge in [-0.15, -0.1) is 23.1 Å². The van der Waals surface area contributed by atoms with Crippen molar-refractivity contribution < 1.29 is 13.2 Å². The van der Waals surface area contributed by atoms with Crippen LogP contribution in [0.2, 0.25) is 0 Å². The lowest BCUT2D eigenvalue weighted by Crippen LogP contribution is -2.43. The first-order chi connectivity index (χ1) is 15.4. The molecule has 1 unspecified atom stereocenters. The molecule has 1 N–H and O–H groups in total. The van der Waals surface area contributed by atoms with Crippen molar-refractivity contribution in [2.75, 3.05) is 18.4 Å². The summed E-state index contributed by atoms with van der Waals surface area (Å²) in [4.78, 5) is 20.3. The quantitative estimate of drug-likeness (QED) is 0.576. The van der Waals surface area contributed by atoms with Gasteiger partial charge in [0, 0.05) is 34.2 Å². The molecule has 9 heteroatoms. The van der Waals surface area contributed by atoms with Gasteiger partial charge in [-0.3, -0.25) is 4.79 Å². The third-order valence-corrected chi connectivity index (χ3v) is 9.97. The summed E-state index contributed by atoms with van der Waals surface area (Å²) in [5, 5.41) is 3.54. The second kappa shape index (κ2) is 8.62. The molecule has 0 saturated carbocycles. The van der Waals surface area contributed by atoms with E-state index >= 15 is 0 Å². The molecular formula is C23H23N3O3S3. The molecule has 0 bridgehead atoms. The first-order valence-electron chi connectivity index (χ1n) is 10.5. The van der Waals surface area contributed by atoms with Gasteiger partial charge in [0.1, 0.15) is 0 Å². The number of hydrogen-bond acceptors (Lipinski definition) is 6. The molecule has 32 heavy (non-hydrogen) atoms. The summed E-state index contributed by atoms with van der Waals surface area (Å²) in [6.07, 6.45) is 1.32. The van der Waals surface area contributed by atoms with E-state index in [1.165, 1.54) is 20.5 Å². The zero-order chi connectivity index (χ0) is 22.3. The summed E-state index contributed by atoms with van der Waals surface area (Å²) in [6, 6.07) is 15.0. The van der Waals surface area contributed by atoms with Gasteiger partial charge in [0.05, 0.1) is 16.5 Å². The Morgan fingerprint density at radius 1 is 1.16 bits per heavy atom. The van der Waals surface area contributed by atoms with Gasteiger partial charge < -0.3 is 5.32 Å². The normalized spacial score (nSPS) is 18.6. The SMILES string of the molecule is Cc1ccc(S(=O)(=O)N2CCCC(C(=O)Nc3nc4c(s3)CSc3ccccc3-4)C2)cc1. The van der Waals surface area contributed by atoms with Crippen LogP contribution in [0.3, 0.4) is 0 Å². The monoisotopic (exact) mass is 485 g/mol. The van der Waals surface area contributed by atoms with Crippen molar-refractivity contribution in [2.24, 2.45) is 5.92 Å². The molecule has 1 amide bonds. The first kappa shape index (κ1) is 21.6. The largest absolute Gasteiger partial charge is 0.302 e. The number of rotatable bonds is 4. The smallest absolute Gasteiger partial charge is 0.243 e. The number of carbonyl (C=O) groups excluding carboxylic acids is 1. The summed E-state index contributed by atoms with van der Waals surface area (Å²) in [5.74, 6) is 0.277. The lowest BCUT2D eigenvalue weighted by Gasteiger charge is -2.31. The number of fused-ring (bicyclic) bond motifs is 3. The number of nitrogens with one attached hydrogen (secondary N) is 1. The van der Waals surface area contributed by atoms with Crippen LogP contribution < -0.4 is 5.32 Å². The average Bonchev–Trinajstić information content (AvgIpc) is 3.22. The fourth-order valence-electron chi connectivity index (χ4n) is 4.09. The first-order valence-corrected chi connectivity index (χ1v) is 13.8. The molecular weight excluding hydrogens is 462 g/mol. The van der Waals surface area contributed by atoms with Crippen molar-refractivity contribution in [2.45, 2.75) is 35.3 Å². The van der Waals surface area contributed by atoms with Crippen LogP contribution in [-0.2, 0) is 20.6 Å². The van der Waals surface area contributed by atoms with E-state index in [9.17, 15) is 13.2 Å². The lowest BCUT2D eigenvalue weighted by molar-refractivity contribution is -0.120. The third kappa shape index (κ3) is 4.10. The Labute approximate surface area is 196 Å². The molecule has 5 rings (SSSR count). The predicted molar refractivity (Wildman–Crippen MR) is 128 cm³/mol. The van der Waals surface area contributed by atoms with E-state index in [2.05, 4.69) is 17.4 Å². The molecule has 6 nitrogen and oxygen atoms in total. The molecule has 1 fully saturated rings. The average molecular weight is 486 g/mol. The van der Waals surface area contributed by atoms with Gasteiger partial charge in [-0.25, -0.2) is 13.4 Å². The number of amides is 1. The molecule has 1 aromatic heterocycles. The van der Waals surface area contributed by atoms with Gasteiger partial charge in [-0.1, -0.05) is 35.9 Å². The minimum absolute atomic E-state index is 0.166. The molecule has 3 aromatic rings. The zero-order valence-corrected chi connectivity index (χ0v) is 20.0. The molecule has 166 valence electrons. The number of thioether (sulfide) groups is 1. The zero-order valence-electron chi connectivity index (χ0n) is 17.6. The number of thiazole rings is 1. The van der Waals surface area contributed by atoms with Gasteiger partial charge in [-0.2, -0.15) is 4.31 Å². The molecule has 1 atom stereocenters. The van der Waals surface area contributed by atoms with E-state index in [1.807, 2.05) is 19.1 Å². The minimum atomic E-state index is -3.62. The Kier molecular flexibility index (Phi) is 5.83. The molecule has 0 spiro atoms. The van der Waals surface area contributed by atoms with Crippen molar-refractivity contribution in [3.05, 3.63) is 59.0 Å². The highest BCUT2D eigenvalue weighted by Gasteiger charge is 2.34. The number of aromatic nitrogens is 1. The topological polar surface area (TPSA) is 79.4 Å². The van der Waals surface area contributed by atoms with Gasteiger partial charge in [0.2, 0.25) is 15.9 Å². The minimum Gasteiger partial charge on any atom is -0.302 e. The molecule has 0 aliphatic carbocycles. The predicted octanol–water partition coefficient (Wildman–Crippen LogP) is 4.76. The molecule has 2 aliphatic heterocycles. The van der Waals surface area contributed by atoms with Crippen molar-refractivity contribution >= 4 is 44.2 Å². The van der Waals surface area contributed by atoms with Crippen molar-refractivity contribution in [3.63, 3.8) is 0 Å². The fourth-order valence-corrected chi connectivity index (χ4v) is 7.72.